The van der Waals surface area contributed by atoms with Crippen molar-refractivity contribution in [2.45, 2.75) is 44.8 Å². The first-order valence-corrected chi connectivity index (χ1v) is 11.9. The second-order valence-corrected chi connectivity index (χ2v) is 9.39. The van der Waals surface area contributed by atoms with E-state index in [9.17, 15) is 4.79 Å². The third kappa shape index (κ3) is 3.71. The van der Waals surface area contributed by atoms with Crippen molar-refractivity contribution >= 4 is 23.5 Å². The zero-order valence-electron chi connectivity index (χ0n) is 19.5. The van der Waals surface area contributed by atoms with E-state index in [0.29, 0.717) is 35.2 Å². The number of methoxy groups -OCH3 is 1. The molecule has 1 atom stereocenters. The monoisotopic (exact) mass is 481 g/mol. The van der Waals surface area contributed by atoms with Crippen molar-refractivity contribution in [2.24, 2.45) is 0 Å². The summed E-state index contributed by atoms with van der Waals surface area (Å²) in [4.78, 5) is 24.4. The molecule has 2 N–H and O–H groups in total. The zero-order valence-corrected chi connectivity index (χ0v) is 20.2. The molecule has 2 aromatic heterocycles. The van der Waals surface area contributed by atoms with Crippen LogP contribution >= 0.6 is 11.6 Å². The molecule has 5 rings (SSSR count). The molecule has 0 spiro atoms. The van der Waals surface area contributed by atoms with Crippen molar-refractivity contribution in [1.29, 1.82) is 0 Å². The van der Waals surface area contributed by atoms with Crippen LogP contribution in [-0.4, -0.2) is 51.7 Å². The maximum absolute atomic E-state index is 13.9. The molecule has 178 valence electrons. The van der Waals surface area contributed by atoms with Gasteiger partial charge in [0.25, 0.3) is 5.91 Å². The molecular formula is C25H28ClN5O3. The van der Waals surface area contributed by atoms with Gasteiger partial charge in [0.05, 0.1) is 35.7 Å². The Labute approximate surface area is 203 Å². The summed E-state index contributed by atoms with van der Waals surface area (Å²) in [6, 6.07) is 9.64. The number of nitrogens with two attached hydrogens (primary N) is 1. The van der Waals surface area contributed by atoms with Crippen molar-refractivity contribution in [3.63, 3.8) is 0 Å². The Morgan fingerprint density at radius 2 is 1.88 bits per heavy atom. The minimum absolute atomic E-state index is 0.0258. The van der Waals surface area contributed by atoms with E-state index < -0.39 is 0 Å². The van der Waals surface area contributed by atoms with Gasteiger partial charge in [0.1, 0.15) is 0 Å². The predicted octanol–water partition coefficient (Wildman–Crippen LogP) is 4.49. The van der Waals surface area contributed by atoms with Gasteiger partial charge in [-0.05, 0) is 50.5 Å². The lowest BCUT2D eigenvalue weighted by Gasteiger charge is -2.37. The largest absolute Gasteiger partial charge is 0.480 e. The van der Waals surface area contributed by atoms with E-state index in [0.717, 1.165) is 29.8 Å². The molecule has 0 saturated carbocycles. The Kier molecular flexibility index (Phi) is 5.95. The van der Waals surface area contributed by atoms with E-state index >= 15 is 0 Å². The van der Waals surface area contributed by atoms with Crippen LogP contribution in [0, 0.1) is 0 Å². The van der Waals surface area contributed by atoms with E-state index in [1.807, 2.05) is 35.2 Å². The van der Waals surface area contributed by atoms with Gasteiger partial charge in [0.15, 0.2) is 0 Å². The van der Waals surface area contributed by atoms with E-state index in [-0.39, 0.29) is 30.0 Å². The topological polar surface area (TPSA) is 95.5 Å². The fraction of sp³-hybridized carbons (Fsp3) is 0.400. The van der Waals surface area contributed by atoms with Crippen LogP contribution in [0.3, 0.4) is 0 Å². The minimum Gasteiger partial charge on any atom is -0.480 e. The van der Waals surface area contributed by atoms with Crippen molar-refractivity contribution in [3.8, 4) is 17.1 Å². The number of carbonyl (C=O) groups excluding carboxylic acids is 1. The Morgan fingerprint density at radius 1 is 1.18 bits per heavy atom. The van der Waals surface area contributed by atoms with Crippen LogP contribution in [0.15, 0.2) is 36.5 Å². The summed E-state index contributed by atoms with van der Waals surface area (Å²) in [6.45, 7) is 5.52. The SMILES string of the molecule is COc1nc(N)ncc1-c1cc2c(n1C(C)C)C(c1ccc(Cl)cc1)N(C1CCOCC1)C2=O. The Hall–Kier alpha value is -3.10. The molecule has 9 heteroatoms. The lowest BCUT2D eigenvalue weighted by atomic mass is 9.99. The molecule has 1 fully saturated rings. The molecular weight excluding hydrogens is 454 g/mol. The van der Waals surface area contributed by atoms with Crippen LogP contribution in [0.4, 0.5) is 5.95 Å². The summed E-state index contributed by atoms with van der Waals surface area (Å²) in [5, 5.41) is 0.662. The zero-order chi connectivity index (χ0) is 24.0. The van der Waals surface area contributed by atoms with Gasteiger partial charge < -0.3 is 24.7 Å². The number of nitrogen functional groups attached to an aromatic ring is 1. The maximum Gasteiger partial charge on any atom is 0.256 e. The molecule has 1 saturated heterocycles. The third-order valence-electron chi connectivity index (χ3n) is 6.61. The Balaban J connectivity index is 1.72. The van der Waals surface area contributed by atoms with Crippen LogP contribution in [0.5, 0.6) is 5.88 Å². The Morgan fingerprint density at radius 3 is 2.53 bits per heavy atom. The second-order valence-electron chi connectivity index (χ2n) is 8.95. The summed E-state index contributed by atoms with van der Waals surface area (Å²) in [5.74, 6) is 0.539. The van der Waals surface area contributed by atoms with Gasteiger partial charge >= 0.3 is 0 Å². The number of anilines is 1. The normalized spacial score (nSPS) is 18.6. The number of fused-ring (bicyclic) bond motifs is 1. The first kappa shape index (κ1) is 22.7. The first-order valence-electron chi connectivity index (χ1n) is 11.5. The highest BCUT2D eigenvalue weighted by Gasteiger charge is 2.45. The number of hydrogen-bond donors (Lipinski definition) is 1. The molecule has 1 aromatic carbocycles. The van der Waals surface area contributed by atoms with E-state index in [4.69, 9.17) is 26.8 Å². The number of rotatable bonds is 5. The highest BCUT2D eigenvalue weighted by molar-refractivity contribution is 6.30. The van der Waals surface area contributed by atoms with Gasteiger partial charge in [-0.3, -0.25) is 4.79 Å². The van der Waals surface area contributed by atoms with Crippen molar-refractivity contribution in [1.82, 2.24) is 19.4 Å². The van der Waals surface area contributed by atoms with Crippen LogP contribution in [-0.2, 0) is 4.74 Å². The first-order chi connectivity index (χ1) is 16.4. The lowest BCUT2D eigenvalue weighted by Crippen LogP contribution is -2.42. The number of benzene rings is 1. The average Bonchev–Trinajstić information content (AvgIpc) is 3.35. The number of nitrogens with zero attached hydrogens (tertiary/aromatic N) is 4. The summed E-state index contributed by atoms with van der Waals surface area (Å²) in [5.41, 5.74) is 9.99. The molecule has 0 radical (unpaired) electrons. The molecule has 2 aliphatic rings. The molecule has 3 aromatic rings. The molecule has 2 aliphatic heterocycles. The van der Waals surface area contributed by atoms with E-state index in [1.54, 1.807) is 13.3 Å². The molecule has 4 heterocycles. The van der Waals surface area contributed by atoms with Gasteiger partial charge in [-0.15, -0.1) is 0 Å². The summed E-state index contributed by atoms with van der Waals surface area (Å²) >= 11 is 6.20. The number of amides is 1. The average molecular weight is 482 g/mol. The summed E-state index contributed by atoms with van der Waals surface area (Å²) < 4.78 is 13.3. The number of ether oxygens (including phenoxy) is 2. The fourth-order valence-electron chi connectivity index (χ4n) is 5.16. The Bertz CT molecular complexity index is 1220. The van der Waals surface area contributed by atoms with Gasteiger partial charge in [0, 0.05) is 36.5 Å². The molecule has 1 amide bonds. The smallest absolute Gasteiger partial charge is 0.256 e. The predicted molar refractivity (Wildman–Crippen MR) is 130 cm³/mol. The molecule has 0 aliphatic carbocycles. The quantitative estimate of drug-likeness (QED) is 0.576. The van der Waals surface area contributed by atoms with E-state index in [1.165, 1.54) is 0 Å². The molecule has 0 bridgehead atoms. The standard InChI is InChI=1S/C25H28ClN5O3/c1-14(2)30-20(19-13-28-25(27)29-23(19)33-3)12-18-22(30)21(15-4-6-16(26)7-5-15)31(24(18)32)17-8-10-34-11-9-17/h4-7,12-14,17,21H,8-11H2,1-3H3,(H2,27,28,29). The maximum atomic E-state index is 13.9. The molecule has 34 heavy (non-hydrogen) atoms. The van der Waals surface area contributed by atoms with Crippen LogP contribution in [0.25, 0.3) is 11.3 Å². The van der Waals surface area contributed by atoms with Gasteiger partial charge in [0.2, 0.25) is 11.8 Å². The minimum atomic E-state index is -0.236. The van der Waals surface area contributed by atoms with Crippen molar-refractivity contribution in [3.05, 3.63) is 58.4 Å². The van der Waals surface area contributed by atoms with Gasteiger partial charge in [-0.2, -0.15) is 4.98 Å². The molecule has 8 nitrogen and oxygen atoms in total. The van der Waals surface area contributed by atoms with Crippen LogP contribution in [0.2, 0.25) is 5.02 Å². The lowest BCUT2D eigenvalue weighted by molar-refractivity contribution is 0.0242. The van der Waals surface area contributed by atoms with Crippen LogP contribution in [0.1, 0.15) is 60.4 Å². The van der Waals surface area contributed by atoms with Crippen molar-refractivity contribution < 1.29 is 14.3 Å². The number of hydrogen-bond acceptors (Lipinski definition) is 6. The van der Waals surface area contributed by atoms with Crippen LogP contribution < -0.4 is 10.5 Å². The third-order valence-corrected chi connectivity index (χ3v) is 6.86. The van der Waals surface area contributed by atoms with E-state index in [2.05, 4.69) is 28.4 Å². The number of carbonyl (C=O) groups is 1. The molecule has 1 unspecified atom stereocenters. The summed E-state index contributed by atoms with van der Waals surface area (Å²) in [6.07, 6.45) is 3.28. The van der Waals surface area contributed by atoms with Gasteiger partial charge in [-0.1, -0.05) is 23.7 Å². The second kappa shape index (κ2) is 8.92. The highest BCUT2D eigenvalue weighted by atomic mass is 35.5. The highest BCUT2D eigenvalue weighted by Crippen LogP contribution is 2.47. The summed E-state index contributed by atoms with van der Waals surface area (Å²) in [7, 11) is 1.55. The number of aromatic nitrogens is 3. The number of halogens is 1. The van der Waals surface area contributed by atoms with Crippen molar-refractivity contribution in [2.75, 3.05) is 26.1 Å². The fourth-order valence-corrected chi connectivity index (χ4v) is 5.28. The van der Waals surface area contributed by atoms with Gasteiger partial charge in [-0.25, -0.2) is 4.98 Å².